The van der Waals surface area contributed by atoms with E-state index < -0.39 is 11.8 Å². The fraction of sp³-hybridized carbons (Fsp3) is 0.350. The Morgan fingerprint density at radius 1 is 1.26 bits per heavy atom. The fourth-order valence-corrected chi connectivity index (χ4v) is 3.88. The van der Waals surface area contributed by atoms with Crippen molar-refractivity contribution in [1.82, 2.24) is 4.98 Å². The smallest absolute Gasteiger partial charge is 0.331 e. The quantitative estimate of drug-likeness (QED) is 0.542. The van der Waals surface area contributed by atoms with Crippen LogP contribution in [0, 0.1) is 5.82 Å². The molecule has 5 nitrogen and oxygen atoms in total. The van der Waals surface area contributed by atoms with Crippen molar-refractivity contribution in [3.8, 4) is 0 Å². The molecule has 1 heterocycles. The number of thiazole rings is 1. The van der Waals surface area contributed by atoms with Gasteiger partial charge in [0.2, 0.25) is 5.91 Å². The number of benzene rings is 1. The lowest BCUT2D eigenvalue weighted by Crippen LogP contribution is -2.23. The number of halogens is 1. The highest BCUT2D eigenvalue weighted by atomic mass is 32.1. The van der Waals surface area contributed by atoms with Gasteiger partial charge in [0.05, 0.1) is 11.4 Å². The highest BCUT2D eigenvalue weighted by Crippen LogP contribution is 2.31. The van der Waals surface area contributed by atoms with Crippen molar-refractivity contribution >= 4 is 40.1 Å². The second kappa shape index (κ2) is 8.90. The fourth-order valence-electron chi connectivity index (χ4n) is 3.04. The Balaban J connectivity index is 1.70. The molecule has 1 aromatic heterocycles. The minimum atomic E-state index is -0.504. The zero-order valence-electron chi connectivity index (χ0n) is 15.1. The number of carbonyl (C=O) groups excluding carboxylic acids is 2. The highest BCUT2D eigenvalue weighted by molar-refractivity contribution is 7.14. The van der Waals surface area contributed by atoms with Crippen LogP contribution < -0.4 is 4.90 Å². The maximum atomic E-state index is 14.1. The molecule has 1 amide bonds. The second-order valence-electron chi connectivity index (χ2n) is 6.39. The predicted molar refractivity (Wildman–Crippen MR) is 103 cm³/mol. The van der Waals surface area contributed by atoms with Gasteiger partial charge in [-0.05, 0) is 43.9 Å². The molecule has 1 aliphatic carbocycles. The zero-order chi connectivity index (χ0) is 19.2. The third-order valence-corrected chi connectivity index (χ3v) is 5.18. The molecule has 0 saturated heterocycles. The van der Waals surface area contributed by atoms with Crippen LogP contribution in [0.3, 0.4) is 0 Å². The Kier molecular flexibility index (Phi) is 6.34. The molecule has 1 saturated carbocycles. The van der Waals surface area contributed by atoms with Gasteiger partial charge in [-0.25, -0.2) is 14.2 Å². The number of hydrogen-bond acceptors (Lipinski definition) is 5. The first-order valence-corrected chi connectivity index (χ1v) is 9.82. The molecule has 1 aromatic carbocycles. The average molecular weight is 388 g/mol. The van der Waals surface area contributed by atoms with Crippen LogP contribution in [0.2, 0.25) is 0 Å². The van der Waals surface area contributed by atoms with Crippen molar-refractivity contribution in [1.29, 1.82) is 0 Å². The molecule has 27 heavy (non-hydrogen) atoms. The first-order valence-electron chi connectivity index (χ1n) is 8.94. The molecular formula is C20H21FN2O3S. The zero-order valence-corrected chi connectivity index (χ0v) is 15.9. The van der Waals surface area contributed by atoms with Crippen molar-refractivity contribution in [2.75, 3.05) is 4.90 Å². The SMILES string of the molecule is CC(=O)N(c1nc(/C=C/C(=O)OC2CCCCC2)cs1)c1ccccc1F. The Morgan fingerprint density at radius 3 is 2.70 bits per heavy atom. The van der Waals surface area contributed by atoms with Crippen LogP contribution in [0.4, 0.5) is 15.2 Å². The summed E-state index contributed by atoms with van der Waals surface area (Å²) in [5, 5.41) is 2.05. The van der Waals surface area contributed by atoms with Crippen molar-refractivity contribution in [3.05, 3.63) is 47.2 Å². The topological polar surface area (TPSA) is 59.5 Å². The van der Waals surface area contributed by atoms with E-state index in [0.29, 0.717) is 10.8 Å². The summed E-state index contributed by atoms with van der Waals surface area (Å²) in [5.74, 6) is -1.24. The summed E-state index contributed by atoms with van der Waals surface area (Å²) >= 11 is 1.20. The lowest BCUT2D eigenvalue weighted by Gasteiger charge is -2.20. The molecule has 142 valence electrons. The summed E-state index contributed by atoms with van der Waals surface area (Å²) in [7, 11) is 0. The molecular weight excluding hydrogens is 367 g/mol. The van der Waals surface area contributed by atoms with Crippen LogP contribution in [-0.2, 0) is 14.3 Å². The van der Waals surface area contributed by atoms with Gasteiger partial charge in [-0.3, -0.25) is 9.69 Å². The van der Waals surface area contributed by atoms with Crippen molar-refractivity contribution in [2.45, 2.75) is 45.1 Å². The van der Waals surface area contributed by atoms with Crippen LogP contribution in [0.1, 0.15) is 44.7 Å². The number of aromatic nitrogens is 1. The number of rotatable bonds is 5. The molecule has 0 N–H and O–H groups in total. The average Bonchev–Trinajstić information content (AvgIpc) is 3.11. The molecule has 0 spiro atoms. The second-order valence-corrected chi connectivity index (χ2v) is 7.23. The normalized spacial score (nSPS) is 15.0. The van der Waals surface area contributed by atoms with Gasteiger partial charge in [-0.2, -0.15) is 0 Å². The Bertz CT molecular complexity index is 843. The van der Waals surface area contributed by atoms with Crippen LogP contribution in [0.5, 0.6) is 0 Å². The number of anilines is 2. The molecule has 3 rings (SSSR count). The minimum Gasteiger partial charge on any atom is -0.459 e. The highest BCUT2D eigenvalue weighted by Gasteiger charge is 2.21. The number of hydrogen-bond donors (Lipinski definition) is 0. The monoisotopic (exact) mass is 388 g/mol. The Labute approximate surface area is 161 Å². The van der Waals surface area contributed by atoms with Gasteiger partial charge in [0.1, 0.15) is 11.9 Å². The van der Waals surface area contributed by atoms with Gasteiger partial charge in [-0.1, -0.05) is 18.6 Å². The van der Waals surface area contributed by atoms with Crippen LogP contribution in [0.15, 0.2) is 35.7 Å². The van der Waals surface area contributed by atoms with Gasteiger partial charge in [-0.15, -0.1) is 11.3 Å². The van der Waals surface area contributed by atoms with E-state index in [2.05, 4.69) is 4.98 Å². The summed E-state index contributed by atoms with van der Waals surface area (Å²) in [4.78, 5) is 29.5. The van der Waals surface area contributed by atoms with E-state index in [1.807, 2.05) is 0 Å². The molecule has 7 heteroatoms. The first kappa shape index (κ1) is 19.2. The van der Waals surface area contributed by atoms with E-state index in [9.17, 15) is 14.0 Å². The van der Waals surface area contributed by atoms with Crippen molar-refractivity contribution in [2.24, 2.45) is 0 Å². The summed E-state index contributed by atoms with van der Waals surface area (Å²) in [6.07, 6.45) is 8.09. The number of para-hydroxylation sites is 1. The van der Waals surface area contributed by atoms with E-state index in [1.54, 1.807) is 23.6 Å². The van der Waals surface area contributed by atoms with Gasteiger partial charge in [0.15, 0.2) is 5.13 Å². The number of amides is 1. The largest absolute Gasteiger partial charge is 0.459 e. The van der Waals surface area contributed by atoms with E-state index in [-0.39, 0.29) is 17.7 Å². The molecule has 1 aliphatic rings. The van der Waals surface area contributed by atoms with Crippen LogP contribution >= 0.6 is 11.3 Å². The van der Waals surface area contributed by atoms with Crippen molar-refractivity contribution < 1.29 is 18.7 Å². The lowest BCUT2D eigenvalue weighted by atomic mass is 9.98. The third-order valence-electron chi connectivity index (χ3n) is 4.33. The first-order chi connectivity index (χ1) is 13.0. The Hall–Kier alpha value is -2.54. The standard InChI is InChI=1S/C20H21FN2O3S/c1-14(24)23(18-10-6-5-9-17(18)21)20-22-15(13-27-20)11-12-19(25)26-16-7-3-2-4-8-16/h5-6,9-13,16H,2-4,7-8H2,1H3/b12-11+. The van der Waals surface area contributed by atoms with Gasteiger partial charge < -0.3 is 4.74 Å². The summed E-state index contributed by atoms with van der Waals surface area (Å²) < 4.78 is 19.5. The van der Waals surface area contributed by atoms with Crippen LogP contribution in [-0.4, -0.2) is 23.0 Å². The van der Waals surface area contributed by atoms with Crippen LogP contribution in [0.25, 0.3) is 6.08 Å². The minimum absolute atomic E-state index is 0.00356. The molecule has 0 radical (unpaired) electrons. The molecule has 0 unspecified atom stereocenters. The number of nitrogens with zero attached hydrogens (tertiary/aromatic N) is 2. The summed E-state index contributed by atoms with van der Waals surface area (Å²) in [6.45, 7) is 1.35. The van der Waals surface area contributed by atoms with Gasteiger partial charge in [0, 0.05) is 18.4 Å². The predicted octanol–water partition coefficient (Wildman–Crippen LogP) is 4.86. The van der Waals surface area contributed by atoms with Crippen molar-refractivity contribution in [3.63, 3.8) is 0 Å². The molecule has 0 bridgehead atoms. The van der Waals surface area contributed by atoms with Gasteiger partial charge in [0.25, 0.3) is 0 Å². The lowest BCUT2D eigenvalue weighted by molar-refractivity contribution is -0.144. The summed E-state index contributed by atoms with van der Waals surface area (Å²) in [6, 6.07) is 6.03. The molecule has 2 aromatic rings. The third kappa shape index (κ3) is 5.01. The van der Waals surface area contributed by atoms with Gasteiger partial charge >= 0.3 is 5.97 Å². The molecule has 0 atom stereocenters. The summed E-state index contributed by atoms with van der Waals surface area (Å²) in [5.41, 5.74) is 0.657. The maximum Gasteiger partial charge on any atom is 0.331 e. The van der Waals surface area contributed by atoms with E-state index >= 15 is 0 Å². The Morgan fingerprint density at radius 2 is 2.00 bits per heavy atom. The van der Waals surface area contributed by atoms with E-state index in [0.717, 1.165) is 25.7 Å². The molecule has 0 aliphatic heterocycles. The number of carbonyl (C=O) groups is 2. The number of esters is 1. The molecule has 1 fully saturated rings. The van der Waals surface area contributed by atoms with E-state index in [1.165, 1.54) is 47.8 Å². The van der Waals surface area contributed by atoms with E-state index in [4.69, 9.17) is 4.74 Å². The number of ether oxygens (including phenoxy) is 1. The maximum absolute atomic E-state index is 14.1.